The molecule has 0 aliphatic carbocycles. The number of carbonyl (C=O) groups excluding carboxylic acids is 2. The first-order chi connectivity index (χ1) is 20.6. The normalized spacial score (nSPS) is 13.7. The lowest BCUT2D eigenvalue weighted by Crippen LogP contribution is -2.46. The van der Waals surface area contributed by atoms with Crippen LogP contribution in [0.4, 0.5) is 26.0 Å². The van der Waals surface area contributed by atoms with Crippen molar-refractivity contribution >= 4 is 45.6 Å². The second-order valence-electron chi connectivity index (χ2n) is 9.92. The van der Waals surface area contributed by atoms with E-state index in [2.05, 4.69) is 33.6 Å². The molecule has 1 saturated heterocycles. The van der Waals surface area contributed by atoms with Gasteiger partial charge >= 0.3 is 0 Å². The molecule has 1 amide bonds. The van der Waals surface area contributed by atoms with E-state index in [1.165, 1.54) is 20.3 Å². The molecule has 12 heteroatoms. The summed E-state index contributed by atoms with van der Waals surface area (Å²) in [5, 5.41) is 3.18. The number of piperazine rings is 1. The Labute approximate surface area is 246 Å². The first-order valence-corrected chi connectivity index (χ1v) is 13.6. The van der Waals surface area contributed by atoms with Gasteiger partial charge in [0.05, 0.1) is 14.2 Å². The van der Waals surface area contributed by atoms with Gasteiger partial charge in [-0.2, -0.15) is 0 Å². The third kappa shape index (κ3) is 5.73. The van der Waals surface area contributed by atoms with Gasteiger partial charge in [0, 0.05) is 60.8 Å². The Morgan fingerprint density at radius 1 is 1.02 bits per heavy atom. The van der Waals surface area contributed by atoms with Crippen molar-refractivity contribution in [3.05, 3.63) is 77.6 Å². The van der Waals surface area contributed by atoms with E-state index in [1.54, 1.807) is 12.1 Å². The molecule has 1 aliphatic heterocycles. The molecule has 1 fully saturated rings. The number of rotatable bonds is 10. The van der Waals surface area contributed by atoms with Gasteiger partial charge in [-0.1, -0.05) is 13.5 Å². The Hall–Kier alpha value is -4.97. The monoisotopic (exact) mass is 591 g/mol. The fourth-order valence-electron chi connectivity index (χ4n) is 4.99. The smallest absolute Gasteiger partial charge is 0.248 e. The molecule has 4 aromatic rings. The van der Waals surface area contributed by atoms with E-state index in [-0.39, 0.29) is 33.9 Å². The number of ether oxygens (including phenoxy) is 2. The molecule has 0 unspecified atom stereocenters. The maximum Gasteiger partial charge on any atom is 0.248 e. The maximum atomic E-state index is 14.9. The number of fused-ring (bicyclic) bond motifs is 1. The van der Waals surface area contributed by atoms with Crippen molar-refractivity contribution in [3.63, 3.8) is 0 Å². The maximum absolute atomic E-state index is 14.9. The number of anilines is 3. The van der Waals surface area contributed by atoms with E-state index in [1.807, 2.05) is 18.2 Å². The van der Waals surface area contributed by atoms with E-state index in [9.17, 15) is 18.4 Å². The number of halogens is 2. The van der Waals surface area contributed by atoms with Gasteiger partial charge < -0.3 is 34.7 Å². The van der Waals surface area contributed by atoms with Crippen LogP contribution in [0.5, 0.6) is 11.5 Å². The summed E-state index contributed by atoms with van der Waals surface area (Å²) in [6.45, 7) is 10.6. The van der Waals surface area contributed by atoms with Crippen molar-refractivity contribution in [2.24, 2.45) is 5.73 Å². The summed E-state index contributed by atoms with van der Waals surface area (Å²) in [5.74, 6) is -4.76. The van der Waals surface area contributed by atoms with Crippen molar-refractivity contribution in [1.82, 2.24) is 9.88 Å². The minimum atomic E-state index is -1.18. The number of aromatic nitrogens is 1. The van der Waals surface area contributed by atoms with Crippen molar-refractivity contribution in [1.29, 1.82) is 0 Å². The lowest BCUT2D eigenvalue weighted by atomic mass is 10.0. The summed E-state index contributed by atoms with van der Waals surface area (Å²) in [7, 11) is 2.38. The summed E-state index contributed by atoms with van der Waals surface area (Å²) in [5.41, 5.74) is 7.31. The van der Waals surface area contributed by atoms with Gasteiger partial charge in [-0.15, -0.1) is 0 Å². The number of furan rings is 1. The predicted octanol–water partition coefficient (Wildman–Crippen LogP) is 4.74. The third-order valence-corrected chi connectivity index (χ3v) is 7.47. The highest BCUT2D eigenvalue weighted by molar-refractivity contribution is 6.19. The number of likely N-dealkylation sites (N-methyl/N-ethyl adjacent to an activating group) is 1. The highest BCUT2D eigenvalue weighted by Gasteiger charge is 2.29. The topological polar surface area (TPSA) is 123 Å². The van der Waals surface area contributed by atoms with E-state index in [4.69, 9.17) is 19.6 Å². The van der Waals surface area contributed by atoms with Crippen molar-refractivity contribution in [3.8, 4) is 11.5 Å². The first kappa shape index (κ1) is 29.5. The number of carbonyl (C=O) groups is 2. The number of ketones is 1. The van der Waals surface area contributed by atoms with Gasteiger partial charge in [0.2, 0.25) is 11.7 Å². The zero-order valence-electron chi connectivity index (χ0n) is 24.0. The molecule has 2 aromatic carbocycles. The van der Waals surface area contributed by atoms with Gasteiger partial charge in [0.15, 0.2) is 34.5 Å². The Bertz CT molecular complexity index is 1700. The fraction of sp³-hybridized carbons (Fsp3) is 0.258. The zero-order chi connectivity index (χ0) is 30.8. The van der Waals surface area contributed by atoms with Crippen molar-refractivity contribution in [2.75, 3.05) is 57.2 Å². The van der Waals surface area contributed by atoms with Crippen LogP contribution in [0.1, 0.15) is 28.6 Å². The highest BCUT2D eigenvalue weighted by atomic mass is 19.1. The van der Waals surface area contributed by atoms with Gasteiger partial charge in [-0.05, 0) is 36.9 Å². The molecule has 0 spiro atoms. The lowest BCUT2D eigenvalue weighted by Gasteiger charge is -2.35. The fourth-order valence-corrected chi connectivity index (χ4v) is 4.99. The van der Waals surface area contributed by atoms with Crippen molar-refractivity contribution in [2.45, 2.75) is 6.92 Å². The summed E-state index contributed by atoms with van der Waals surface area (Å²) >= 11 is 0. The molecule has 43 heavy (non-hydrogen) atoms. The van der Waals surface area contributed by atoms with Crippen LogP contribution < -0.4 is 25.4 Å². The Morgan fingerprint density at radius 3 is 2.30 bits per heavy atom. The number of hydrogen-bond acceptors (Lipinski definition) is 9. The second-order valence-corrected chi connectivity index (χ2v) is 9.92. The molecule has 224 valence electrons. The number of benzene rings is 2. The number of primary amides is 1. The van der Waals surface area contributed by atoms with Gasteiger partial charge in [0.1, 0.15) is 16.9 Å². The van der Waals surface area contributed by atoms with E-state index >= 15 is 0 Å². The van der Waals surface area contributed by atoms with Crippen LogP contribution >= 0.6 is 0 Å². The number of nitrogens with one attached hydrogen (secondary N) is 1. The van der Waals surface area contributed by atoms with Gasteiger partial charge in [-0.25, -0.2) is 13.8 Å². The first-order valence-electron chi connectivity index (χ1n) is 13.6. The van der Waals surface area contributed by atoms with Crippen LogP contribution in [0, 0.1) is 11.6 Å². The summed E-state index contributed by atoms with van der Waals surface area (Å²) in [4.78, 5) is 34.4. The Balaban J connectivity index is 1.45. The number of pyridine rings is 1. The summed E-state index contributed by atoms with van der Waals surface area (Å²) in [6, 6.07) is 11.1. The molecule has 0 bridgehead atoms. The predicted molar refractivity (Wildman–Crippen MR) is 159 cm³/mol. The largest absolute Gasteiger partial charge is 0.494 e. The average molecular weight is 592 g/mol. The Kier molecular flexibility index (Phi) is 8.31. The number of hydrogen-bond donors (Lipinski definition) is 2. The molecule has 0 saturated carbocycles. The van der Waals surface area contributed by atoms with Crippen LogP contribution in [-0.2, 0) is 4.79 Å². The molecule has 2 aromatic heterocycles. The molecule has 10 nitrogen and oxygen atoms in total. The summed E-state index contributed by atoms with van der Waals surface area (Å²) < 4.78 is 45.3. The standard InChI is InChI=1S/C31H31F2N5O5/c1-5-37-10-12-38(13-11-37)18-6-7-20(19(14-18)17(2)31(34)40)35-26-9-8-22-21(36-26)15-25(43-22)30(39)27-28(32)23(41-3)16-24(42-4)29(27)33/h6-9,14-16H,2,5,10-13H2,1,3-4H3,(H2,34,40)(H,35,36). The van der Waals surface area contributed by atoms with Crippen LogP contribution in [0.3, 0.4) is 0 Å². The Morgan fingerprint density at radius 2 is 1.70 bits per heavy atom. The molecule has 5 rings (SSSR count). The second kappa shape index (κ2) is 12.1. The molecular formula is C31H31F2N5O5. The van der Waals surface area contributed by atoms with E-state index in [0.29, 0.717) is 17.1 Å². The number of amides is 1. The molecule has 0 radical (unpaired) electrons. The highest BCUT2D eigenvalue weighted by Crippen LogP contribution is 2.35. The number of nitrogens with zero attached hydrogens (tertiary/aromatic N) is 3. The van der Waals surface area contributed by atoms with Crippen LogP contribution in [0.15, 0.2) is 53.5 Å². The molecule has 0 atom stereocenters. The van der Waals surface area contributed by atoms with Gasteiger partial charge in [0.25, 0.3) is 0 Å². The number of methoxy groups -OCH3 is 2. The molecule has 3 heterocycles. The molecule has 1 aliphatic rings. The van der Waals surface area contributed by atoms with Gasteiger partial charge in [-0.3, -0.25) is 9.59 Å². The third-order valence-electron chi connectivity index (χ3n) is 7.47. The number of nitrogens with two attached hydrogens (primary N) is 1. The minimum absolute atomic E-state index is 0.131. The molecular weight excluding hydrogens is 560 g/mol. The van der Waals surface area contributed by atoms with Crippen LogP contribution in [0.2, 0.25) is 0 Å². The molecule has 3 N–H and O–H groups in total. The zero-order valence-corrected chi connectivity index (χ0v) is 24.0. The lowest BCUT2D eigenvalue weighted by molar-refractivity contribution is -0.112. The van der Waals surface area contributed by atoms with Crippen LogP contribution in [-0.4, -0.2) is 68.5 Å². The van der Waals surface area contributed by atoms with Crippen molar-refractivity contribution < 1.29 is 32.3 Å². The SMILES string of the molecule is C=C(C(N)=O)c1cc(N2CCN(CC)CC2)ccc1Nc1ccc2oc(C(=O)c3c(F)c(OC)cc(OC)c3F)cc2n1. The minimum Gasteiger partial charge on any atom is -0.494 e. The van der Waals surface area contributed by atoms with E-state index < -0.39 is 28.9 Å². The van der Waals surface area contributed by atoms with E-state index in [0.717, 1.165) is 44.5 Å². The summed E-state index contributed by atoms with van der Waals surface area (Å²) in [6.07, 6.45) is 0. The van der Waals surface area contributed by atoms with Crippen LogP contribution in [0.25, 0.3) is 16.7 Å². The quantitative estimate of drug-likeness (QED) is 0.199. The average Bonchev–Trinajstić information content (AvgIpc) is 3.45.